The number of benzene rings is 2. The van der Waals surface area contributed by atoms with Crippen molar-refractivity contribution in [3.63, 3.8) is 0 Å². The second-order valence-corrected chi connectivity index (χ2v) is 5.75. The van der Waals surface area contributed by atoms with Crippen molar-refractivity contribution in [2.75, 3.05) is 13.7 Å². The number of alkyl halides is 3. The summed E-state index contributed by atoms with van der Waals surface area (Å²) in [4.78, 5) is 13.9. The van der Waals surface area contributed by atoms with Gasteiger partial charge < -0.3 is 19.1 Å². The van der Waals surface area contributed by atoms with Crippen LogP contribution in [0.5, 0.6) is 17.2 Å². The summed E-state index contributed by atoms with van der Waals surface area (Å²) >= 11 is 0. The van der Waals surface area contributed by atoms with Crippen molar-refractivity contribution >= 4 is 5.91 Å². The second-order valence-electron chi connectivity index (χ2n) is 5.75. The van der Waals surface area contributed by atoms with E-state index in [1.54, 1.807) is 25.2 Å². The minimum atomic E-state index is -4.73. The van der Waals surface area contributed by atoms with Crippen LogP contribution in [0.15, 0.2) is 48.5 Å². The lowest BCUT2D eigenvalue weighted by atomic mass is 10.2. The van der Waals surface area contributed by atoms with E-state index in [9.17, 15) is 18.0 Å². The van der Waals surface area contributed by atoms with Gasteiger partial charge in [0.15, 0.2) is 11.5 Å². The number of carbonyl (C=O) groups is 1. The molecule has 2 aromatic rings. The number of hydrogen-bond donors (Lipinski definition) is 0. The molecular weight excluding hydrogens is 351 g/mol. The van der Waals surface area contributed by atoms with Gasteiger partial charge in [0, 0.05) is 13.6 Å². The van der Waals surface area contributed by atoms with Gasteiger partial charge in [-0.2, -0.15) is 0 Å². The highest BCUT2D eigenvalue weighted by atomic mass is 19.4. The number of nitrogens with zero attached hydrogens (tertiary/aromatic N) is 1. The maximum atomic E-state index is 12.5. The third kappa shape index (κ3) is 4.38. The lowest BCUT2D eigenvalue weighted by Gasteiger charge is -2.28. The standard InChI is InChI=1S/C18H16F3NO4/c1-22(10-12-6-8-13(9-7-12)26-18(19,20)21)17(23)16-11-24-14-4-2-3-5-15(14)25-16/h2-9,16H,10-11H2,1H3. The van der Waals surface area contributed by atoms with E-state index in [4.69, 9.17) is 9.47 Å². The summed E-state index contributed by atoms with van der Waals surface area (Å²) in [6, 6.07) is 12.4. The molecule has 1 atom stereocenters. The predicted octanol–water partition coefficient (Wildman–Crippen LogP) is 3.38. The number of carbonyl (C=O) groups excluding carboxylic acids is 1. The van der Waals surface area contributed by atoms with Gasteiger partial charge >= 0.3 is 6.36 Å². The molecule has 1 unspecified atom stereocenters. The Hall–Kier alpha value is -2.90. The van der Waals surface area contributed by atoms with Crippen molar-refractivity contribution in [3.05, 3.63) is 54.1 Å². The zero-order chi connectivity index (χ0) is 18.7. The van der Waals surface area contributed by atoms with E-state index in [-0.39, 0.29) is 24.8 Å². The van der Waals surface area contributed by atoms with Gasteiger partial charge in [0.2, 0.25) is 6.10 Å². The van der Waals surface area contributed by atoms with Crippen LogP contribution >= 0.6 is 0 Å². The first-order valence-corrected chi connectivity index (χ1v) is 7.80. The molecule has 1 amide bonds. The van der Waals surface area contributed by atoms with Crippen LogP contribution in [0.2, 0.25) is 0 Å². The Kier molecular flexibility index (Phi) is 4.92. The van der Waals surface area contributed by atoms with Crippen LogP contribution in [0.4, 0.5) is 13.2 Å². The lowest BCUT2D eigenvalue weighted by Crippen LogP contribution is -2.44. The van der Waals surface area contributed by atoms with Gasteiger partial charge in [-0.05, 0) is 29.8 Å². The number of likely N-dealkylation sites (N-methyl/N-ethyl adjacent to an activating group) is 1. The average Bonchev–Trinajstić information content (AvgIpc) is 2.61. The summed E-state index contributed by atoms with van der Waals surface area (Å²) in [6.07, 6.45) is -5.51. The first kappa shape index (κ1) is 17.9. The van der Waals surface area contributed by atoms with Crippen LogP contribution < -0.4 is 14.2 Å². The zero-order valence-electron chi connectivity index (χ0n) is 13.8. The molecule has 0 spiro atoms. The summed E-state index contributed by atoms with van der Waals surface area (Å²) in [7, 11) is 1.59. The third-order valence-corrected chi connectivity index (χ3v) is 3.74. The fourth-order valence-electron chi connectivity index (χ4n) is 2.54. The molecular formula is C18H16F3NO4. The Morgan fingerprint density at radius 1 is 1.15 bits per heavy atom. The summed E-state index contributed by atoms with van der Waals surface area (Å²) in [5, 5.41) is 0. The summed E-state index contributed by atoms with van der Waals surface area (Å²) in [6.45, 7) is 0.311. The predicted molar refractivity (Wildman–Crippen MR) is 86.0 cm³/mol. The van der Waals surface area contributed by atoms with Gasteiger partial charge in [-0.15, -0.1) is 13.2 Å². The Labute approximate surface area is 147 Å². The summed E-state index contributed by atoms with van der Waals surface area (Å²) in [5.41, 5.74) is 0.660. The van der Waals surface area contributed by atoms with Crippen LogP contribution in [0.1, 0.15) is 5.56 Å². The first-order chi connectivity index (χ1) is 12.3. The minimum Gasteiger partial charge on any atom is -0.485 e. The molecule has 0 bridgehead atoms. The maximum absolute atomic E-state index is 12.5. The fraction of sp³-hybridized carbons (Fsp3) is 0.278. The van der Waals surface area contributed by atoms with Gasteiger partial charge in [0.25, 0.3) is 5.91 Å². The van der Waals surface area contributed by atoms with E-state index >= 15 is 0 Å². The Bertz CT molecular complexity index is 777. The summed E-state index contributed by atoms with van der Waals surface area (Å²) < 4.78 is 51.5. The molecule has 5 nitrogen and oxygen atoms in total. The number of amides is 1. The number of halogens is 3. The highest BCUT2D eigenvalue weighted by molar-refractivity contribution is 5.81. The monoisotopic (exact) mass is 367 g/mol. The van der Waals surface area contributed by atoms with Gasteiger partial charge in [0.1, 0.15) is 12.4 Å². The van der Waals surface area contributed by atoms with Crippen molar-refractivity contribution in [3.8, 4) is 17.2 Å². The number of para-hydroxylation sites is 2. The molecule has 138 valence electrons. The van der Waals surface area contributed by atoms with Crippen LogP contribution in [0.3, 0.4) is 0 Å². The van der Waals surface area contributed by atoms with Gasteiger partial charge in [-0.25, -0.2) is 0 Å². The highest BCUT2D eigenvalue weighted by Crippen LogP contribution is 2.31. The molecule has 1 aliphatic heterocycles. The number of ether oxygens (including phenoxy) is 3. The Morgan fingerprint density at radius 3 is 2.46 bits per heavy atom. The normalized spacial score (nSPS) is 16.1. The van der Waals surface area contributed by atoms with E-state index in [2.05, 4.69) is 4.74 Å². The quantitative estimate of drug-likeness (QED) is 0.831. The third-order valence-electron chi connectivity index (χ3n) is 3.74. The van der Waals surface area contributed by atoms with E-state index < -0.39 is 12.5 Å². The Morgan fingerprint density at radius 2 is 1.81 bits per heavy atom. The average molecular weight is 367 g/mol. The van der Waals surface area contributed by atoms with Gasteiger partial charge in [-0.3, -0.25) is 4.79 Å². The molecule has 2 aromatic carbocycles. The van der Waals surface area contributed by atoms with E-state index in [0.717, 1.165) is 0 Å². The molecule has 26 heavy (non-hydrogen) atoms. The van der Waals surface area contributed by atoms with Crippen LogP contribution in [-0.4, -0.2) is 36.9 Å². The minimum absolute atomic E-state index is 0.0958. The molecule has 3 rings (SSSR count). The zero-order valence-corrected chi connectivity index (χ0v) is 13.8. The van der Waals surface area contributed by atoms with E-state index in [1.807, 2.05) is 6.07 Å². The van der Waals surface area contributed by atoms with E-state index in [0.29, 0.717) is 17.1 Å². The molecule has 0 aromatic heterocycles. The highest BCUT2D eigenvalue weighted by Gasteiger charge is 2.31. The van der Waals surface area contributed by atoms with E-state index in [1.165, 1.54) is 29.2 Å². The largest absolute Gasteiger partial charge is 0.573 e. The van der Waals surface area contributed by atoms with Crippen molar-refractivity contribution < 1.29 is 32.2 Å². The van der Waals surface area contributed by atoms with Crippen LogP contribution in [-0.2, 0) is 11.3 Å². The molecule has 0 saturated heterocycles. The maximum Gasteiger partial charge on any atom is 0.573 e. The molecule has 0 aliphatic carbocycles. The van der Waals surface area contributed by atoms with Crippen LogP contribution in [0, 0.1) is 0 Å². The van der Waals surface area contributed by atoms with Crippen molar-refractivity contribution in [1.82, 2.24) is 4.90 Å². The molecule has 8 heteroatoms. The van der Waals surface area contributed by atoms with Crippen molar-refractivity contribution in [1.29, 1.82) is 0 Å². The van der Waals surface area contributed by atoms with Gasteiger partial charge in [0.05, 0.1) is 0 Å². The number of rotatable bonds is 4. The topological polar surface area (TPSA) is 48.0 Å². The SMILES string of the molecule is CN(Cc1ccc(OC(F)(F)F)cc1)C(=O)C1COc2ccccc2O1. The summed E-state index contributed by atoms with van der Waals surface area (Å²) in [5.74, 6) is 0.490. The molecule has 0 radical (unpaired) electrons. The lowest BCUT2D eigenvalue weighted by molar-refractivity contribution is -0.274. The fourth-order valence-corrected chi connectivity index (χ4v) is 2.54. The smallest absolute Gasteiger partial charge is 0.485 e. The van der Waals surface area contributed by atoms with Crippen molar-refractivity contribution in [2.24, 2.45) is 0 Å². The van der Waals surface area contributed by atoms with Gasteiger partial charge in [-0.1, -0.05) is 24.3 Å². The molecule has 0 N–H and O–H groups in total. The Balaban J connectivity index is 1.59. The number of fused-ring (bicyclic) bond motifs is 1. The molecule has 0 saturated carbocycles. The number of hydrogen-bond acceptors (Lipinski definition) is 4. The molecule has 0 fully saturated rings. The second kappa shape index (κ2) is 7.15. The van der Waals surface area contributed by atoms with Crippen molar-refractivity contribution in [2.45, 2.75) is 19.0 Å². The van der Waals surface area contributed by atoms with Crippen LogP contribution in [0.25, 0.3) is 0 Å². The molecule has 1 aliphatic rings. The molecule has 1 heterocycles. The first-order valence-electron chi connectivity index (χ1n) is 7.80.